The number of amides is 3. The van der Waals surface area contributed by atoms with Crippen molar-refractivity contribution < 1.29 is 28.0 Å². The fourth-order valence-electron chi connectivity index (χ4n) is 4.02. The molecule has 0 spiro atoms. The summed E-state index contributed by atoms with van der Waals surface area (Å²) >= 11 is 0. The van der Waals surface area contributed by atoms with E-state index in [1.807, 2.05) is 20.8 Å². The summed E-state index contributed by atoms with van der Waals surface area (Å²) in [5, 5.41) is 6.11. The van der Waals surface area contributed by atoms with Gasteiger partial charge in [0.15, 0.2) is 0 Å². The van der Waals surface area contributed by atoms with E-state index in [1.165, 1.54) is 24.3 Å². The van der Waals surface area contributed by atoms with Crippen molar-refractivity contribution in [2.75, 3.05) is 13.1 Å². The van der Waals surface area contributed by atoms with Crippen LogP contribution >= 0.6 is 0 Å². The highest BCUT2D eigenvalue weighted by atomic mass is 19.1. The fraction of sp³-hybridized carbons (Fsp3) is 0.370. The van der Waals surface area contributed by atoms with Crippen LogP contribution in [-0.4, -0.2) is 52.1 Å². The first-order valence-corrected chi connectivity index (χ1v) is 12.1. The highest BCUT2D eigenvalue weighted by molar-refractivity contribution is 6.03. The minimum Gasteiger partial charge on any atom is -0.446 e. The van der Waals surface area contributed by atoms with E-state index in [9.17, 15) is 18.8 Å². The van der Waals surface area contributed by atoms with Gasteiger partial charge in [0, 0.05) is 43.5 Å². The average Bonchev–Trinajstić information content (AvgIpc) is 3.34. The third-order valence-corrected chi connectivity index (χ3v) is 5.88. The summed E-state index contributed by atoms with van der Waals surface area (Å²) in [7, 11) is 0. The zero-order valence-electron chi connectivity index (χ0n) is 21.0. The lowest BCUT2D eigenvalue weighted by atomic mass is 9.91. The van der Waals surface area contributed by atoms with E-state index in [4.69, 9.17) is 9.26 Å². The van der Waals surface area contributed by atoms with E-state index in [-0.39, 0.29) is 40.3 Å². The van der Waals surface area contributed by atoms with Crippen molar-refractivity contribution in [3.8, 4) is 22.8 Å². The molecule has 0 atom stereocenters. The van der Waals surface area contributed by atoms with E-state index >= 15 is 0 Å². The lowest BCUT2D eigenvalue weighted by Gasteiger charge is -2.33. The molecule has 2 heterocycles. The first-order chi connectivity index (χ1) is 17.6. The van der Waals surface area contributed by atoms with Gasteiger partial charge in [-0.05, 0) is 29.7 Å². The number of hydrogen-bond acceptors (Lipinski definition) is 7. The van der Waals surface area contributed by atoms with Crippen molar-refractivity contribution in [3.63, 3.8) is 0 Å². The molecule has 0 saturated carbocycles. The van der Waals surface area contributed by atoms with Gasteiger partial charge in [0.2, 0.25) is 11.7 Å². The molecular formula is C27H29FN4O5. The third-order valence-electron chi connectivity index (χ3n) is 5.88. The molecule has 10 heteroatoms. The molecule has 37 heavy (non-hydrogen) atoms. The van der Waals surface area contributed by atoms with E-state index in [0.717, 1.165) is 0 Å². The molecular weight excluding hydrogens is 479 g/mol. The smallest absolute Gasteiger partial charge is 0.414 e. The predicted molar refractivity (Wildman–Crippen MR) is 133 cm³/mol. The quantitative estimate of drug-likeness (QED) is 0.525. The molecule has 3 aromatic rings. The number of halogens is 1. The molecule has 2 aromatic carbocycles. The topological polar surface area (TPSA) is 115 Å². The second kappa shape index (κ2) is 10.9. The van der Waals surface area contributed by atoms with Crippen LogP contribution in [0.2, 0.25) is 0 Å². The molecule has 0 unspecified atom stereocenters. The van der Waals surface area contributed by atoms with Crippen LogP contribution in [-0.2, 0) is 9.53 Å². The predicted octanol–water partition coefficient (Wildman–Crippen LogP) is 4.84. The number of carbonyl (C=O) groups is 3. The number of hydrogen-bond donors (Lipinski definition) is 1. The molecule has 0 bridgehead atoms. The van der Waals surface area contributed by atoms with Crippen molar-refractivity contribution in [2.24, 2.45) is 5.41 Å². The summed E-state index contributed by atoms with van der Waals surface area (Å²) in [5.74, 6) is -0.872. The summed E-state index contributed by atoms with van der Waals surface area (Å²) in [4.78, 5) is 43.4. The number of carbonyl (C=O) groups excluding carboxylic acids is 3. The molecule has 9 nitrogen and oxygen atoms in total. The lowest BCUT2D eigenvalue weighted by molar-refractivity contribution is -0.135. The Morgan fingerprint density at radius 3 is 2.54 bits per heavy atom. The second-order valence-electron chi connectivity index (χ2n) is 10.2. The fourth-order valence-corrected chi connectivity index (χ4v) is 4.02. The maximum Gasteiger partial charge on any atom is 0.414 e. The van der Waals surface area contributed by atoms with E-state index < -0.39 is 17.8 Å². The molecule has 1 aliphatic heterocycles. The van der Waals surface area contributed by atoms with Gasteiger partial charge < -0.3 is 14.2 Å². The average molecular weight is 509 g/mol. The number of piperidine rings is 1. The number of nitrogens with one attached hydrogen (secondary N) is 1. The van der Waals surface area contributed by atoms with Crippen LogP contribution in [0.5, 0.6) is 0 Å². The highest BCUT2D eigenvalue weighted by Gasteiger charge is 2.28. The molecule has 1 aromatic heterocycles. The number of alkyl carbamates (subject to hydrolysis) is 1. The number of nitrogens with zero attached hydrogens (tertiary/aromatic N) is 3. The Morgan fingerprint density at radius 2 is 1.84 bits per heavy atom. The molecule has 4 rings (SSSR count). The Labute approximate surface area is 214 Å². The minimum atomic E-state index is -0.851. The molecule has 1 aliphatic rings. The lowest BCUT2D eigenvalue weighted by Crippen LogP contribution is -2.43. The largest absolute Gasteiger partial charge is 0.446 e. The summed E-state index contributed by atoms with van der Waals surface area (Å²) in [6.45, 7) is 7.06. The highest BCUT2D eigenvalue weighted by Crippen LogP contribution is 2.25. The summed E-state index contributed by atoms with van der Waals surface area (Å²) in [6, 6.07) is 12.3. The standard InChI is InChI=1S/C27H29FN4O5/c1-27(2,3)16-22(33)32-13-11-19(12-14-32)36-26(35)30-24(34)18-8-6-7-17(15-18)23-29-25(37-31-23)20-9-4-5-10-21(20)28/h4-10,15,19H,11-14,16H2,1-3H3,(H,30,34,35). The van der Waals surface area contributed by atoms with Crippen molar-refractivity contribution in [1.82, 2.24) is 20.4 Å². The summed E-state index contributed by atoms with van der Waals surface area (Å²) < 4.78 is 24.6. The van der Waals surface area contributed by atoms with Crippen LogP contribution in [0.1, 0.15) is 50.4 Å². The first kappa shape index (κ1) is 26.0. The number of likely N-dealkylation sites (tertiary alicyclic amines) is 1. The number of rotatable bonds is 5. The molecule has 0 radical (unpaired) electrons. The molecule has 0 aliphatic carbocycles. The Kier molecular flexibility index (Phi) is 7.66. The first-order valence-electron chi connectivity index (χ1n) is 12.1. The molecule has 1 fully saturated rings. The van der Waals surface area contributed by atoms with Crippen LogP contribution in [0.3, 0.4) is 0 Å². The summed E-state index contributed by atoms with van der Waals surface area (Å²) in [5.41, 5.74) is 0.726. The van der Waals surface area contributed by atoms with Crippen molar-refractivity contribution in [2.45, 2.75) is 46.1 Å². The minimum absolute atomic E-state index is 0.0117. The zero-order valence-corrected chi connectivity index (χ0v) is 21.0. The van der Waals surface area contributed by atoms with Crippen LogP contribution in [0.15, 0.2) is 53.1 Å². The van der Waals surface area contributed by atoms with Gasteiger partial charge in [0.05, 0.1) is 5.56 Å². The summed E-state index contributed by atoms with van der Waals surface area (Å²) in [6.07, 6.45) is 0.246. The van der Waals surface area contributed by atoms with Crippen LogP contribution < -0.4 is 5.32 Å². The maximum atomic E-state index is 14.0. The van der Waals surface area contributed by atoms with Gasteiger partial charge in [-0.2, -0.15) is 4.98 Å². The van der Waals surface area contributed by atoms with Gasteiger partial charge in [-0.3, -0.25) is 14.9 Å². The Hall–Kier alpha value is -4.08. The Bertz CT molecular complexity index is 1290. The Morgan fingerprint density at radius 1 is 1.11 bits per heavy atom. The van der Waals surface area contributed by atoms with Crippen LogP contribution in [0.25, 0.3) is 22.8 Å². The number of ether oxygens (including phenoxy) is 1. The monoisotopic (exact) mass is 508 g/mol. The van der Waals surface area contributed by atoms with Crippen molar-refractivity contribution in [3.05, 3.63) is 59.9 Å². The number of imide groups is 1. The molecule has 1 saturated heterocycles. The van der Waals surface area contributed by atoms with Crippen molar-refractivity contribution >= 4 is 17.9 Å². The van der Waals surface area contributed by atoms with Gasteiger partial charge >= 0.3 is 6.09 Å². The van der Waals surface area contributed by atoms with Gasteiger partial charge in [-0.15, -0.1) is 0 Å². The van der Waals surface area contributed by atoms with Gasteiger partial charge in [0.1, 0.15) is 11.9 Å². The second-order valence-corrected chi connectivity index (χ2v) is 10.2. The maximum absolute atomic E-state index is 14.0. The van der Waals surface area contributed by atoms with Crippen LogP contribution in [0, 0.1) is 11.2 Å². The van der Waals surface area contributed by atoms with Gasteiger partial charge in [-0.25, -0.2) is 9.18 Å². The van der Waals surface area contributed by atoms with Crippen molar-refractivity contribution in [1.29, 1.82) is 0 Å². The normalized spacial score (nSPS) is 14.3. The van der Waals surface area contributed by atoms with Crippen LogP contribution in [0.4, 0.5) is 9.18 Å². The molecule has 3 amide bonds. The zero-order chi connectivity index (χ0) is 26.6. The van der Waals surface area contributed by atoms with E-state index in [0.29, 0.717) is 37.9 Å². The third kappa shape index (κ3) is 6.78. The van der Waals surface area contributed by atoms with Gasteiger partial charge in [0.25, 0.3) is 11.8 Å². The molecule has 194 valence electrons. The van der Waals surface area contributed by atoms with E-state index in [1.54, 1.807) is 29.2 Å². The number of benzene rings is 2. The van der Waals surface area contributed by atoms with E-state index in [2.05, 4.69) is 15.5 Å². The Balaban J connectivity index is 1.32. The van der Waals surface area contributed by atoms with Gasteiger partial charge in [-0.1, -0.05) is 50.2 Å². The number of aromatic nitrogens is 2. The molecule has 1 N–H and O–H groups in total. The SMILES string of the molecule is CC(C)(C)CC(=O)N1CCC(OC(=O)NC(=O)c2cccc(-c3noc(-c4ccccc4F)n3)c2)CC1.